The molecule has 10 nitrogen and oxygen atoms in total. The van der Waals surface area contributed by atoms with Gasteiger partial charge in [-0.05, 0) is 151 Å². The van der Waals surface area contributed by atoms with Crippen molar-refractivity contribution in [3.63, 3.8) is 0 Å². The third-order valence-corrected chi connectivity index (χ3v) is 13.1. The predicted octanol–water partition coefficient (Wildman–Crippen LogP) is 16.3. The summed E-state index contributed by atoms with van der Waals surface area (Å²) in [6.45, 7) is 9.01. The Morgan fingerprint density at radius 2 is 0.689 bits per heavy atom. The van der Waals surface area contributed by atoms with E-state index in [0.29, 0.717) is 77.9 Å². The molecule has 0 amide bonds. The molecule has 0 heterocycles. The van der Waals surface area contributed by atoms with Gasteiger partial charge < -0.3 is 33.2 Å². The molecule has 390 valence electrons. The van der Waals surface area contributed by atoms with Crippen molar-refractivity contribution in [1.29, 1.82) is 0 Å². The first-order valence-electron chi connectivity index (χ1n) is 27.2. The SMILES string of the molecule is CCCCCCCOc1ccc(C(=O)Oc2ccc3c(c2)C(OC(=O)CCCCOc2ccc(-c4ccc(OCCCCCC)cc4)cc2)c2cc(OC(=O)c4ccc(OCCCCCCC)cc4)ccc2-3)cc1. The number of fused-ring (bicyclic) bond motifs is 3. The Labute approximate surface area is 438 Å². The lowest BCUT2D eigenvalue weighted by atomic mass is 10.1. The second kappa shape index (κ2) is 29.6. The highest BCUT2D eigenvalue weighted by Crippen LogP contribution is 2.48. The number of hydrogen-bond acceptors (Lipinski definition) is 10. The molecule has 0 atom stereocenters. The van der Waals surface area contributed by atoms with E-state index < -0.39 is 24.0 Å². The average Bonchev–Trinajstić information content (AvgIpc) is 3.72. The van der Waals surface area contributed by atoms with E-state index in [-0.39, 0.29) is 6.42 Å². The molecule has 74 heavy (non-hydrogen) atoms. The van der Waals surface area contributed by atoms with Gasteiger partial charge in [-0.1, -0.05) is 128 Å². The van der Waals surface area contributed by atoms with E-state index in [2.05, 4.69) is 32.9 Å². The molecule has 1 aliphatic carbocycles. The van der Waals surface area contributed by atoms with Crippen LogP contribution < -0.4 is 28.4 Å². The first-order chi connectivity index (χ1) is 36.3. The van der Waals surface area contributed by atoms with Gasteiger partial charge in [-0.2, -0.15) is 0 Å². The Bertz CT molecular complexity index is 2530. The van der Waals surface area contributed by atoms with Crippen LogP contribution in [-0.2, 0) is 9.53 Å². The largest absolute Gasteiger partial charge is 0.494 e. The van der Waals surface area contributed by atoms with Crippen molar-refractivity contribution in [3.8, 4) is 56.8 Å². The lowest BCUT2D eigenvalue weighted by molar-refractivity contribution is -0.147. The van der Waals surface area contributed by atoms with Crippen molar-refractivity contribution in [1.82, 2.24) is 0 Å². The van der Waals surface area contributed by atoms with E-state index >= 15 is 0 Å². The highest BCUT2D eigenvalue weighted by molar-refractivity contribution is 5.92. The van der Waals surface area contributed by atoms with Crippen molar-refractivity contribution < 1.29 is 47.5 Å². The maximum absolute atomic E-state index is 13.7. The van der Waals surface area contributed by atoms with Gasteiger partial charge >= 0.3 is 17.9 Å². The third kappa shape index (κ3) is 16.7. The first kappa shape index (κ1) is 54.7. The number of hydrogen-bond donors (Lipinski definition) is 0. The van der Waals surface area contributed by atoms with Gasteiger partial charge in [0.2, 0.25) is 0 Å². The zero-order chi connectivity index (χ0) is 51.7. The normalized spacial score (nSPS) is 11.6. The van der Waals surface area contributed by atoms with Crippen molar-refractivity contribution in [2.75, 3.05) is 26.4 Å². The van der Waals surface area contributed by atoms with Gasteiger partial charge in [-0.25, -0.2) is 9.59 Å². The lowest BCUT2D eigenvalue weighted by Gasteiger charge is -2.17. The zero-order valence-electron chi connectivity index (χ0n) is 43.7. The van der Waals surface area contributed by atoms with Crippen LogP contribution in [0, 0.1) is 0 Å². The molecule has 0 unspecified atom stereocenters. The Morgan fingerprint density at radius 3 is 1.07 bits per heavy atom. The van der Waals surface area contributed by atoms with Gasteiger partial charge in [0.1, 0.15) is 34.5 Å². The molecule has 0 spiro atoms. The summed E-state index contributed by atoms with van der Waals surface area (Å²) in [5.41, 5.74) is 5.86. The quantitative estimate of drug-likeness (QED) is 0.0230. The average molecular weight is 1000 g/mol. The summed E-state index contributed by atoms with van der Waals surface area (Å²) >= 11 is 0. The lowest BCUT2D eigenvalue weighted by Crippen LogP contribution is -2.12. The summed E-state index contributed by atoms with van der Waals surface area (Å²) in [5.74, 6) is 2.16. The number of benzene rings is 6. The Kier molecular flexibility index (Phi) is 21.9. The number of carbonyl (C=O) groups is 3. The maximum atomic E-state index is 13.7. The molecule has 0 radical (unpaired) electrons. The van der Waals surface area contributed by atoms with Crippen LogP contribution in [-0.4, -0.2) is 44.3 Å². The van der Waals surface area contributed by atoms with Gasteiger partial charge in [-0.3, -0.25) is 4.79 Å². The molecule has 10 heteroatoms. The monoisotopic (exact) mass is 1000 g/mol. The molecule has 0 N–H and O–H groups in total. The second-order valence-corrected chi connectivity index (χ2v) is 19.0. The second-order valence-electron chi connectivity index (χ2n) is 19.0. The summed E-state index contributed by atoms with van der Waals surface area (Å²) in [6.07, 6.45) is 16.6. The fourth-order valence-corrected chi connectivity index (χ4v) is 8.88. The van der Waals surface area contributed by atoms with E-state index in [1.165, 1.54) is 57.8 Å². The first-order valence-corrected chi connectivity index (χ1v) is 27.2. The number of unbranched alkanes of at least 4 members (excludes halogenated alkanes) is 12. The van der Waals surface area contributed by atoms with Crippen LogP contribution in [0.15, 0.2) is 133 Å². The van der Waals surface area contributed by atoms with E-state index in [9.17, 15) is 14.4 Å². The number of carbonyl (C=O) groups excluding carboxylic acids is 3. The molecule has 6 aromatic rings. The minimum atomic E-state index is -0.851. The summed E-state index contributed by atoms with van der Waals surface area (Å²) in [7, 11) is 0. The standard InChI is InChI=1S/C64H74O10/c1-4-7-10-13-17-42-69-53-33-25-49(26-34-53)63(66)72-55-37-39-57-58-40-38-56(73-64(67)50-27-35-54(36-28-50)70-43-18-14-11-8-5-2)46-60(58)62(59(57)45-55)74-61(65)20-15-19-44-71-52-31-23-48(24-32-52)47-21-29-51(30-22-47)68-41-16-12-9-6-3/h21-40,45-46,62H,4-20,41-44H2,1-3H3. The number of esters is 3. The topological polar surface area (TPSA) is 116 Å². The van der Waals surface area contributed by atoms with Crippen molar-refractivity contribution >= 4 is 17.9 Å². The Morgan fingerprint density at radius 1 is 0.365 bits per heavy atom. The van der Waals surface area contributed by atoms with Gasteiger partial charge in [0.05, 0.1) is 37.6 Å². The molecule has 1 aliphatic rings. The smallest absolute Gasteiger partial charge is 0.343 e. The van der Waals surface area contributed by atoms with Crippen molar-refractivity contribution in [2.45, 2.75) is 136 Å². The third-order valence-electron chi connectivity index (χ3n) is 13.1. The Hall–Kier alpha value is -7.07. The molecule has 0 aliphatic heterocycles. The maximum Gasteiger partial charge on any atom is 0.343 e. The number of rotatable bonds is 32. The molecular weight excluding hydrogens is 929 g/mol. The van der Waals surface area contributed by atoms with Crippen LogP contribution in [0.1, 0.15) is 168 Å². The minimum absolute atomic E-state index is 0.155. The highest BCUT2D eigenvalue weighted by atomic mass is 16.6. The van der Waals surface area contributed by atoms with Gasteiger partial charge in [-0.15, -0.1) is 0 Å². The molecule has 0 saturated heterocycles. The summed E-state index contributed by atoms with van der Waals surface area (Å²) in [6, 6.07) is 40.7. The molecular formula is C64H74O10. The minimum Gasteiger partial charge on any atom is -0.494 e. The molecule has 0 aromatic heterocycles. The van der Waals surface area contributed by atoms with Crippen LogP contribution in [0.4, 0.5) is 0 Å². The predicted molar refractivity (Wildman–Crippen MR) is 292 cm³/mol. The summed E-state index contributed by atoms with van der Waals surface area (Å²) in [4.78, 5) is 40.5. The van der Waals surface area contributed by atoms with Crippen LogP contribution in [0.3, 0.4) is 0 Å². The molecule has 7 rings (SSSR count). The molecule has 6 aromatic carbocycles. The fraction of sp³-hybridized carbons (Fsp3) is 0.391. The summed E-state index contributed by atoms with van der Waals surface area (Å²) in [5, 5.41) is 0. The van der Waals surface area contributed by atoms with Crippen LogP contribution >= 0.6 is 0 Å². The van der Waals surface area contributed by atoms with Crippen molar-refractivity contribution in [2.24, 2.45) is 0 Å². The fourth-order valence-electron chi connectivity index (χ4n) is 8.88. The van der Waals surface area contributed by atoms with Crippen LogP contribution in [0.5, 0.6) is 34.5 Å². The van der Waals surface area contributed by atoms with Crippen LogP contribution in [0.2, 0.25) is 0 Å². The summed E-state index contributed by atoms with van der Waals surface area (Å²) < 4.78 is 41.8. The number of ether oxygens (including phenoxy) is 7. The van der Waals surface area contributed by atoms with Gasteiger partial charge in [0, 0.05) is 17.5 Å². The molecule has 0 bridgehead atoms. The van der Waals surface area contributed by atoms with Gasteiger partial charge in [0.15, 0.2) is 6.10 Å². The van der Waals surface area contributed by atoms with E-state index in [0.717, 1.165) is 72.5 Å². The highest BCUT2D eigenvalue weighted by Gasteiger charge is 2.33. The van der Waals surface area contributed by atoms with Crippen LogP contribution in [0.25, 0.3) is 22.3 Å². The van der Waals surface area contributed by atoms with E-state index in [1.807, 2.05) is 48.5 Å². The van der Waals surface area contributed by atoms with Crippen molar-refractivity contribution in [3.05, 3.63) is 156 Å². The molecule has 0 saturated carbocycles. The Balaban J connectivity index is 0.957. The van der Waals surface area contributed by atoms with E-state index in [1.54, 1.807) is 72.8 Å². The van der Waals surface area contributed by atoms with E-state index in [4.69, 9.17) is 33.2 Å². The molecule has 0 fully saturated rings. The van der Waals surface area contributed by atoms with Gasteiger partial charge in [0.25, 0.3) is 0 Å². The zero-order valence-corrected chi connectivity index (χ0v) is 43.7.